The average molecular weight is 104 g/mol. The molecule has 0 aromatic heterocycles. The lowest BCUT2D eigenvalue weighted by Gasteiger charge is -1.88. The van der Waals surface area contributed by atoms with Crippen LogP contribution in [0.3, 0.4) is 0 Å². The number of amidine groups is 1. The van der Waals surface area contributed by atoms with Gasteiger partial charge in [0.25, 0.3) is 0 Å². The Labute approximate surface area is 41.6 Å². The van der Waals surface area contributed by atoms with Crippen LogP contribution < -0.4 is 5.73 Å². The van der Waals surface area contributed by atoms with Crippen molar-refractivity contribution in [2.45, 2.75) is 0 Å². The highest BCUT2D eigenvalue weighted by atomic mass is 16.6. The van der Waals surface area contributed by atoms with Crippen molar-refractivity contribution >= 4 is 5.84 Å². The lowest BCUT2D eigenvalue weighted by Crippen LogP contribution is -2.16. The number of nitrogens with zero attached hydrogens (tertiary/aromatic N) is 1. The summed E-state index contributed by atoms with van der Waals surface area (Å²) < 4.78 is 0. The molecule has 4 heteroatoms. The quantitative estimate of drug-likeness (QED) is 0.265. The van der Waals surface area contributed by atoms with Crippen LogP contribution in [-0.4, -0.2) is 24.7 Å². The summed E-state index contributed by atoms with van der Waals surface area (Å²) in [7, 11) is 1.36. The zero-order valence-corrected chi connectivity index (χ0v) is 4.09. The summed E-state index contributed by atoms with van der Waals surface area (Å²) in [4.78, 5) is 4.20. The maximum atomic E-state index is 8.13. The van der Waals surface area contributed by atoms with Crippen molar-refractivity contribution < 1.29 is 9.94 Å². The minimum atomic E-state index is -0.256. The van der Waals surface area contributed by atoms with Crippen LogP contribution in [0.5, 0.6) is 0 Å². The molecule has 0 saturated carbocycles. The zero-order chi connectivity index (χ0) is 5.70. The van der Waals surface area contributed by atoms with E-state index in [1.165, 1.54) is 7.11 Å². The Morgan fingerprint density at radius 3 is 2.71 bits per heavy atom. The first-order valence-corrected chi connectivity index (χ1v) is 1.77. The van der Waals surface area contributed by atoms with E-state index in [1.54, 1.807) is 0 Å². The van der Waals surface area contributed by atoms with Crippen LogP contribution in [0.15, 0.2) is 5.16 Å². The molecule has 0 heterocycles. The Hall–Kier alpha value is -0.770. The van der Waals surface area contributed by atoms with Crippen molar-refractivity contribution in [1.82, 2.24) is 0 Å². The first kappa shape index (κ1) is 6.23. The van der Waals surface area contributed by atoms with Gasteiger partial charge in [-0.2, -0.15) is 0 Å². The third kappa shape index (κ3) is 3.05. The van der Waals surface area contributed by atoms with Crippen LogP contribution in [0.25, 0.3) is 0 Å². The highest BCUT2D eigenvalue weighted by molar-refractivity contribution is 5.80. The van der Waals surface area contributed by atoms with E-state index in [-0.39, 0.29) is 12.4 Å². The first-order valence-electron chi connectivity index (χ1n) is 1.77. The molecule has 42 valence electrons. The smallest absolute Gasteiger partial charge is 0.165 e. The van der Waals surface area contributed by atoms with Crippen molar-refractivity contribution in [1.29, 1.82) is 0 Å². The minimum absolute atomic E-state index is 0.0856. The SMILES string of the molecule is CO/N=C(\N)CO. The van der Waals surface area contributed by atoms with E-state index in [0.717, 1.165) is 0 Å². The fourth-order valence-electron chi connectivity index (χ4n) is 0.146. The summed E-state index contributed by atoms with van der Waals surface area (Å²) >= 11 is 0. The van der Waals surface area contributed by atoms with Crippen molar-refractivity contribution in [2.24, 2.45) is 10.9 Å². The molecule has 0 aliphatic rings. The van der Waals surface area contributed by atoms with Crippen molar-refractivity contribution in [3.8, 4) is 0 Å². The molecule has 0 aromatic rings. The first-order chi connectivity index (χ1) is 3.31. The van der Waals surface area contributed by atoms with Crippen LogP contribution in [0.4, 0.5) is 0 Å². The number of aliphatic hydroxyl groups is 1. The van der Waals surface area contributed by atoms with Gasteiger partial charge in [0.1, 0.15) is 13.7 Å². The number of hydrogen-bond acceptors (Lipinski definition) is 3. The van der Waals surface area contributed by atoms with Crippen LogP contribution in [0.2, 0.25) is 0 Å². The molecule has 7 heavy (non-hydrogen) atoms. The van der Waals surface area contributed by atoms with E-state index in [4.69, 9.17) is 10.8 Å². The molecule has 0 aliphatic heterocycles. The molecule has 0 atom stereocenters. The van der Waals surface area contributed by atoms with Crippen LogP contribution in [-0.2, 0) is 4.84 Å². The van der Waals surface area contributed by atoms with Gasteiger partial charge >= 0.3 is 0 Å². The zero-order valence-electron chi connectivity index (χ0n) is 4.09. The molecule has 0 aliphatic carbocycles. The summed E-state index contributed by atoms with van der Waals surface area (Å²) in [6.45, 7) is -0.256. The summed E-state index contributed by atoms with van der Waals surface area (Å²) in [5.74, 6) is 0.0856. The van der Waals surface area contributed by atoms with Crippen LogP contribution in [0.1, 0.15) is 0 Å². The average Bonchev–Trinajstić information content (AvgIpc) is 1.68. The molecule has 0 spiro atoms. The number of hydrogen-bond donors (Lipinski definition) is 2. The summed E-state index contributed by atoms with van der Waals surface area (Å²) in [5.41, 5.74) is 4.96. The van der Waals surface area contributed by atoms with Gasteiger partial charge in [0.15, 0.2) is 5.84 Å². The number of rotatable bonds is 2. The van der Waals surface area contributed by atoms with Crippen LogP contribution >= 0.6 is 0 Å². The molecular weight excluding hydrogens is 96.0 g/mol. The van der Waals surface area contributed by atoms with Crippen molar-refractivity contribution in [3.63, 3.8) is 0 Å². The van der Waals surface area contributed by atoms with E-state index >= 15 is 0 Å². The largest absolute Gasteiger partial charge is 0.398 e. The van der Waals surface area contributed by atoms with E-state index < -0.39 is 0 Å². The predicted molar refractivity (Wildman–Crippen MR) is 25.7 cm³/mol. The van der Waals surface area contributed by atoms with Gasteiger partial charge in [-0.15, -0.1) is 0 Å². The second-order valence-electron chi connectivity index (χ2n) is 0.923. The molecule has 0 saturated heterocycles. The standard InChI is InChI=1S/C3H8N2O2/c1-7-5-3(4)2-6/h6H,2H2,1H3,(H2,4,5). The molecule has 0 aromatic carbocycles. The lowest BCUT2D eigenvalue weighted by molar-refractivity contribution is 0.208. The fraction of sp³-hybridized carbons (Fsp3) is 0.667. The topological polar surface area (TPSA) is 67.8 Å². The second-order valence-corrected chi connectivity index (χ2v) is 0.923. The molecule has 0 unspecified atom stereocenters. The van der Waals surface area contributed by atoms with E-state index in [0.29, 0.717) is 0 Å². The van der Waals surface area contributed by atoms with E-state index in [2.05, 4.69) is 9.99 Å². The fourth-order valence-corrected chi connectivity index (χ4v) is 0.146. The van der Waals surface area contributed by atoms with Gasteiger partial charge in [0.2, 0.25) is 0 Å². The Balaban J connectivity index is 3.29. The monoisotopic (exact) mass is 104 g/mol. The molecular formula is C3H8N2O2. The molecule has 0 rings (SSSR count). The third-order valence-corrected chi connectivity index (χ3v) is 0.371. The Morgan fingerprint density at radius 1 is 2.00 bits per heavy atom. The van der Waals surface area contributed by atoms with Gasteiger partial charge < -0.3 is 15.7 Å². The number of nitrogens with two attached hydrogens (primary N) is 1. The second kappa shape index (κ2) is 3.42. The molecule has 0 radical (unpaired) electrons. The third-order valence-electron chi connectivity index (χ3n) is 0.371. The molecule has 0 amide bonds. The maximum absolute atomic E-state index is 8.13. The van der Waals surface area contributed by atoms with Crippen molar-refractivity contribution in [3.05, 3.63) is 0 Å². The van der Waals surface area contributed by atoms with Crippen LogP contribution in [0, 0.1) is 0 Å². The lowest BCUT2D eigenvalue weighted by atomic mass is 10.7. The Kier molecular flexibility index (Phi) is 3.04. The number of aliphatic hydroxyl groups excluding tert-OH is 1. The molecule has 0 bridgehead atoms. The Bertz CT molecular complexity index is 71.3. The molecule has 0 fully saturated rings. The van der Waals surface area contributed by atoms with Gasteiger partial charge in [0.05, 0.1) is 0 Å². The summed E-state index contributed by atoms with van der Waals surface area (Å²) in [5, 5.41) is 11.3. The Morgan fingerprint density at radius 2 is 2.57 bits per heavy atom. The minimum Gasteiger partial charge on any atom is -0.398 e. The maximum Gasteiger partial charge on any atom is 0.165 e. The summed E-state index contributed by atoms with van der Waals surface area (Å²) in [6, 6.07) is 0. The molecule has 4 nitrogen and oxygen atoms in total. The number of oxime groups is 1. The highest BCUT2D eigenvalue weighted by Gasteiger charge is 1.81. The summed E-state index contributed by atoms with van der Waals surface area (Å²) in [6.07, 6.45) is 0. The highest BCUT2D eigenvalue weighted by Crippen LogP contribution is 1.65. The van der Waals surface area contributed by atoms with Gasteiger partial charge in [-0.05, 0) is 0 Å². The van der Waals surface area contributed by atoms with Gasteiger partial charge in [0, 0.05) is 0 Å². The van der Waals surface area contributed by atoms with Gasteiger partial charge in [-0.3, -0.25) is 0 Å². The van der Waals surface area contributed by atoms with E-state index in [9.17, 15) is 0 Å². The van der Waals surface area contributed by atoms with Crippen molar-refractivity contribution in [2.75, 3.05) is 13.7 Å². The normalized spacial score (nSPS) is 11.4. The van der Waals surface area contributed by atoms with Gasteiger partial charge in [-0.25, -0.2) is 0 Å². The van der Waals surface area contributed by atoms with Gasteiger partial charge in [-0.1, -0.05) is 5.16 Å². The molecule has 3 N–H and O–H groups in total. The van der Waals surface area contributed by atoms with E-state index in [1.807, 2.05) is 0 Å². The predicted octanol–water partition coefficient (Wildman–Crippen LogP) is -1.10.